The molecule has 5 heteroatoms. The van der Waals surface area contributed by atoms with Gasteiger partial charge in [-0.2, -0.15) is 0 Å². The Morgan fingerprint density at radius 1 is 1.30 bits per heavy atom. The van der Waals surface area contributed by atoms with Gasteiger partial charge in [-0.3, -0.25) is 9.78 Å². The van der Waals surface area contributed by atoms with E-state index in [0.717, 1.165) is 11.8 Å². The molecule has 2 rings (SSSR count). The number of amides is 1. The summed E-state index contributed by atoms with van der Waals surface area (Å²) in [6, 6.07) is 11.0. The lowest BCUT2D eigenvalue weighted by Crippen LogP contribution is -2.27. The number of carbonyl (C=O) groups is 1. The first-order valence-corrected chi connectivity index (χ1v) is 7.41. The van der Waals surface area contributed by atoms with Crippen molar-refractivity contribution in [2.75, 3.05) is 13.2 Å². The lowest BCUT2D eigenvalue weighted by Gasteiger charge is -2.16. The van der Waals surface area contributed by atoms with Crippen molar-refractivity contribution in [3.8, 4) is 0 Å². The van der Waals surface area contributed by atoms with E-state index < -0.39 is 5.82 Å². The number of nitrogens with one attached hydrogen (secondary N) is 1. The van der Waals surface area contributed by atoms with Crippen molar-refractivity contribution in [1.82, 2.24) is 10.3 Å². The molecule has 1 heterocycles. The Morgan fingerprint density at radius 3 is 2.78 bits per heavy atom. The summed E-state index contributed by atoms with van der Waals surface area (Å²) in [4.78, 5) is 15.6. The second-order valence-electron chi connectivity index (χ2n) is 5.13. The smallest absolute Gasteiger partial charge is 0.244 e. The minimum Gasteiger partial charge on any atom is -0.396 e. The van der Waals surface area contributed by atoms with Crippen molar-refractivity contribution in [1.29, 1.82) is 0 Å². The van der Waals surface area contributed by atoms with Crippen LogP contribution in [0.15, 0.2) is 54.9 Å². The van der Waals surface area contributed by atoms with Crippen LogP contribution in [-0.2, 0) is 4.79 Å². The predicted octanol–water partition coefficient (Wildman–Crippen LogP) is 2.52. The fourth-order valence-corrected chi connectivity index (χ4v) is 2.24. The highest BCUT2D eigenvalue weighted by molar-refractivity contribution is 5.91. The SMILES string of the molecule is O=C(/C=C/c1cncc(F)c1)NCC(CCO)c1ccccc1. The molecule has 0 saturated heterocycles. The number of rotatable bonds is 7. The highest BCUT2D eigenvalue weighted by Gasteiger charge is 2.11. The zero-order valence-corrected chi connectivity index (χ0v) is 12.7. The maximum Gasteiger partial charge on any atom is 0.244 e. The molecule has 0 spiro atoms. The van der Waals surface area contributed by atoms with E-state index in [9.17, 15) is 14.3 Å². The molecule has 0 aliphatic rings. The summed E-state index contributed by atoms with van der Waals surface area (Å²) >= 11 is 0. The average Bonchev–Trinajstić information content (AvgIpc) is 2.57. The van der Waals surface area contributed by atoms with Crippen molar-refractivity contribution in [2.45, 2.75) is 12.3 Å². The Labute approximate surface area is 134 Å². The molecule has 1 atom stereocenters. The number of aliphatic hydroxyl groups is 1. The number of pyridine rings is 1. The third-order valence-electron chi connectivity index (χ3n) is 3.42. The van der Waals surface area contributed by atoms with E-state index in [0.29, 0.717) is 18.5 Å². The van der Waals surface area contributed by atoms with Crippen LogP contribution in [0.2, 0.25) is 0 Å². The molecule has 0 fully saturated rings. The van der Waals surface area contributed by atoms with Gasteiger partial charge in [-0.05, 0) is 29.7 Å². The maximum absolute atomic E-state index is 13.0. The number of carbonyl (C=O) groups excluding carboxylic acids is 1. The minimum atomic E-state index is -0.445. The van der Waals surface area contributed by atoms with Crippen molar-refractivity contribution in [3.05, 3.63) is 71.8 Å². The van der Waals surface area contributed by atoms with E-state index in [1.807, 2.05) is 30.3 Å². The van der Waals surface area contributed by atoms with Crippen LogP contribution in [-0.4, -0.2) is 29.1 Å². The molecule has 1 unspecified atom stereocenters. The van der Waals surface area contributed by atoms with Crippen LogP contribution in [0.5, 0.6) is 0 Å². The summed E-state index contributed by atoms with van der Waals surface area (Å²) in [6.45, 7) is 0.482. The van der Waals surface area contributed by atoms with Gasteiger partial charge in [-0.25, -0.2) is 4.39 Å². The molecule has 120 valence electrons. The Morgan fingerprint density at radius 2 is 2.09 bits per heavy atom. The predicted molar refractivity (Wildman–Crippen MR) is 87.1 cm³/mol. The van der Waals surface area contributed by atoms with E-state index in [1.54, 1.807) is 0 Å². The van der Waals surface area contributed by atoms with Crippen LogP contribution >= 0.6 is 0 Å². The molecule has 0 bridgehead atoms. The quantitative estimate of drug-likeness (QED) is 0.772. The summed E-state index contributed by atoms with van der Waals surface area (Å²) < 4.78 is 13.0. The molecule has 0 aliphatic heterocycles. The molecular formula is C18H19FN2O2. The number of halogens is 1. The standard InChI is InChI=1S/C18H19FN2O2/c19-17-10-14(11-20-13-17)6-7-18(23)21-12-16(8-9-22)15-4-2-1-3-5-15/h1-7,10-11,13,16,22H,8-9,12H2,(H,21,23)/b7-6+. The summed E-state index contributed by atoms with van der Waals surface area (Å²) in [5.74, 6) is -0.665. The Balaban J connectivity index is 1.91. The van der Waals surface area contributed by atoms with Crippen molar-refractivity contribution >= 4 is 12.0 Å². The maximum atomic E-state index is 13.0. The third-order valence-corrected chi connectivity index (χ3v) is 3.42. The molecule has 2 N–H and O–H groups in total. The highest BCUT2D eigenvalue weighted by atomic mass is 19.1. The fourth-order valence-electron chi connectivity index (χ4n) is 2.24. The lowest BCUT2D eigenvalue weighted by atomic mass is 9.96. The molecule has 0 saturated carbocycles. The topological polar surface area (TPSA) is 62.2 Å². The zero-order chi connectivity index (χ0) is 16.5. The first-order valence-electron chi connectivity index (χ1n) is 7.41. The molecular weight excluding hydrogens is 295 g/mol. The average molecular weight is 314 g/mol. The van der Waals surface area contributed by atoms with E-state index in [1.165, 1.54) is 24.4 Å². The van der Waals surface area contributed by atoms with Crippen LogP contribution in [0, 0.1) is 5.82 Å². The Hall–Kier alpha value is -2.53. The normalized spacial score (nSPS) is 12.3. The van der Waals surface area contributed by atoms with Crippen LogP contribution in [0.3, 0.4) is 0 Å². The van der Waals surface area contributed by atoms with Gasteiger partial charge < -0.3 is 10.4 Å². The first-order chi connectivity index (χ1) is 11.2. The summed E-state index contributed by atoms with van der Waals surface area (Å²) in [7, 11) is 0. The zero-order valence-electron chi connectivity index (χ0n) is 12.7. The molecule has 4 nitrogen and oxygen atoms in total. The van der Waals surface area contributed by atoms with Gasteiger partial charge >= 0.3 is 0 Å². The number of hydrogen-bond donors (Lipinski definition) is 2. The van der Waals surface area contributed by atoms with Crippen LogP contribution in [0.4, 0.5) is 4.39 Å². The van der Waals surface area contributed by atoms with Gasteiger partial charge in [0.2, 0.25) is 5.91 Å². The summed E-state index contributed by atoms with van der Waals surface area (Å²) in [5, 5.41) is 12.0. The largest absolute Gasteiger partial charge is 0.396 e. The number of aliphatic hydroxyl groups excluding tert-OH is 1. The van der Waals surface area contributed by atoms with Gasteiger partial charge in [0.25, 0.3) is 0 Å². The molecule has 2 aromatic rings. The van der Waals surface area contributed by atoms with Crippen LogP contribution in [0.25, 0.3) is 6.08 Å². The van der Waals surface area contributed by atoms with Gasteiger partial charge in [-0.1, -0.05) is 30.3 Å². The van der Waals surface area contributed by atoms with Gasteiger partial charge in [0.1, 0.15) is 5.82 Å². The third kappa shape index (κ3) is 5.64. The van der Waals surface area contributed by atoms with Gasteiger partial charge in [-0.15, -0.1) is 0 Å². The van der Waals surface area contributed by atoms with Gasteiger partial charge in [0.15, 0.2) is 0 Å². The molecule has 0 radical (unpaired) electrons. The van der Waals surface area contributed by atoms with Crippen LogP contribution in [0.1, 0.15) is 23.5 Å². The number of hydrogen-bond acceptors (Lipinski definition) is 3. The van der Waals surface area contributed by atoms with E-state index in [2.05, 4.69) is 10.3 Å². The van der Waals surface area contributed by atoms with Crippen molar-refractivity contribution < 1.29 is 14.3 Å². The molecule has 0 aliphatic carbocycles. The van der Waals surface area contributed by atoms with E-state index in [-0.39, 0.29) is 18.4 Å². The molecule has 1 amide bonds. The second-order valence-corrected chi connectivity index (χ2v) is 5.13. The van der Waals surface area contributed by atoms with E-state index in [4.69, 9.17) is 0 Å². The monoisotopic (exact) mass is 314 g/mol. The number of benzene rings is 1. The second kappa shape index (κ2) is 8.80. The van der Waals surface area contributed by atoms with Crippen molar-refractivity contribution in [2.24, 2.45) is 0 Å². The van der Waals surface area contributed by atoms with Gasteiger partial charge in [0, 0.05) is 31.3 Å². The summed E-state index contributed by atoms with van der Waals surface area (Å²) in [6.07, 6.45) is 6.01. The van der Waals surface area contributed by atoms with E-state index >= 15 is 0 Å². The molecule has 1 aromatic heterocycles. The Kier molecular flexibility index (Phi) is 6.44. The summed E-state index contributed by atoms with van der Waals surface area (Å²) in [5.41, 5.74) is 1.59. The minimum absolute atomic E-state index is 0.0504. The Bertz CT molecular complexity index is 659. The first kappa shape index (κ1) is 16.8. The van der Waals surface area contributed by atoms with Crippen LogP contribution < -0.4 is 5.32 Å². The lowest BCUT2D eigenvalue weighted by molar-refractivity contribution is -0.116. The molecule has 23 heavy (non-hydrogen) atoms. The van der Waals surface area contributed by atoms with Crippen molar-refractivity contribution in [3.63, 3.8) is 0 Å². The highest BCUT2D eigenvalue weighted by Crippen LogP contribution is 2.18. The number of aromatic nitrogens is 1. The fraction of sp³-hybridized carbons (Fsp3) is 0.222. The molecule has 1 aromatic carbocycles. The van der Waals surface area contributed by atoms with Gasteiger partial charge in [0.05, 0.1) is 6.20 Å². The number of nitrogens with zero attached hydrogens (tertiary/aromatic N) is 1.